The van der Waals surface area contributed by atoms with Crippen molar-refractivity contribution >= 4 is 34.5 Å². The van der Waals surface area contributed by atoms with Gasteiger partial charge in [0.15, 0.2) is 11.2 Å². The quantitative estimate of drug-likeness (QED) is 0.381. The molecule has 4 rings (SSSR count). The van der Waals surface area contributed by atoms with E-state index in [-0.39, 0.29) is 11.4 Å². The summed E-state index contributed by atoms with van der Waals surface area (Å²) in [5, 5.41) is 10.9. The molecule has 0 bridgehead atoms. The Morgan fingerprint density at radius 2 is 1.77 bits per heavy atom. The number of halogens is 3. The number of benzene rings is 2. The van der Waals surface area contributed by atoms with E-state index in [0.29, 0.717) is 16.2 Å². The molecule has 0 saturated heterocycles. The van der Waals surface area contributed by atoms with Gasteiger partial charge in [-0.25, -0.2) is 9.97 Å². The van der Waals surface area contributed by atoms with Crippen molar-refractivity contribution in [3.63, 3.8) is 0 Å². The molecule has 4 aromatic rings. The highest BCUT2D eigenvalue weighted by Crippen LogP contribution is 2.34. The molecule has 2 aromatic carbocycles. The smallest absolute Gasteiger partial charge is 0.325 e. The molecule has 0 aliphatic carbocycles. The first-order chi connectivity index (χ1) is 14.4. The van der Waals surface area contributed by atoms with Crippen molar-refractivity contribution < 1.29 is 18.0 Å². The molecule has 0 unspecified atom stereocenters. The molecule has 152 valence electrons. The average molecular weight is 430 g/mol. The summed E-state index contributed by atoms with van der Waals surface area (Å²) in [5.74, 6) is -0.754. The Hall–Kier alpha value is -3.47. The van der Waals surface area contributed by atoms with Crippen LogP contribution in [0.2, 0.25) is 0 Å². The molecule has 0 radical (unpaired) electrons. The maximum atomic E-state index is 13.1. The minimum atomic E-state index is -4.56. The number of rotatable bonds is 5. The van der Waals surface area contributed by atoms with Gasteiger partial charge in [0.25, 0.3) is 0 Å². The van der Waals surface area contributed by atoms with Gasteiger partial charge in [0.05, 0.1) is 22.7 Å². The van der Waals surface area contributed by atoms with Crippen LogP contribution in [0.1, 0.15) is 5.56 Å². The fourth-order valence-electron chi connectivity index (χ4n) is 2.74. The minimum absolute atomic E-state index is 0.156. The first-order valence-corrected chi connectivity index (χ1v) is 9.63. The van der Waals surface area contributed by atoms with E-state index in [4.69, 9.17) is 0 Å². The van der Waals surface area contributed by atoms with Crippen molar-refractivity contribution in [1.29, 1.82) is 0 Å². The number of thioether (sulfide) groups is 1. The first kappa shape index (κ1) is 19.8. The van der Waals surface area contributed by atoms with Crippen molar-refractivity contribution in [2.75, 3.05) is 11.1 Å². The van der Waals surface area contributed by atoms with Gasteiger partial charge in [0.2, 0.25) is 5.91 Å². The number of para-hydroxylation sites is 2. The van der Waals surface area contributed by atoms with Crippen LogP contribution in [0.3, 0.4) is 0 Å². The topological polar surface area (TPSA) is 85.6 Å². The summed E-state index contributed by atoms with van der Waals surface area (Å²) in [7, 11) is 0. The van der Waals surface area contributed by atoms with E-state index in [1.807, 2.05) is 30.3 Å². The molecular weight excluding hydrogens is 417 g/mol. The number of hydrogen-bond acceptors (Lipinski definition) is 6. The van der Waals surface area contributed by atoms with E-state index in [0.717, 1.165) is 23.5 Å². The van der Waals surface area contributed by atoms with Gasteiger partial charge in [-0.15, -0.1) is 5.10 Å². The normalized spacial score (nSPS) is 11.6. The third kappa shape index (κ3) is 4.10. The number of alkyl halides is 3. The molecule has 30 heavy (non-hydrogen) atoms. The highest BCUT2D eigenvalue weighted by atomic mass is 32.2. The molecule has 0 saturated carbocycles. The lowest BCUT2D eigenvalue weighted by atomic mass is 10.1. The fourth-order valence-corrected chi connectivity index (χ4v) is 3.47. The Morgan fingerprint density at radius 3 is 2.53 bits per heavy atom. The summed E-state index contributed by atoms with van der Waals surface area (Å²) < 4.78 is 40.8. The maximum absolute atomic E-state index is 13.1. The van der Waals surface area contributed by atoms with Crippen LogP contribution in [0.25, 0.3) is 16.9 Å². The maximum Gasteiger partial charge on any atom is 0.418 e. The van der Waals surface area contributed by atoms with Crippen LogP contribution in [-0.4, -0.2) is 36.6 Å². The molecule has 0 spiro atoms. The van der Waals surface area contributed by atoms with Crippen molar-refractivity contribution in [2.45, 2.75) is 11.2 Å². The number of carbonyl (C=O) groups excluding carboxylic acids is 1. The van der Waals surface area contributed by atoms with E-state index < -0.39 is 17.6 Å². The second-order valence-electron chi connectivity index (χ2n) is 6.07. The minimum Gasteiger partial charge on any atom is -0.325 e. The van der Waals surface area contributed by atoms with Gasteiger partial charge in [-0.2, -0.15) is 17.9 Å². The van der Waals surface area contributed by atoms with Crippen LogP contribution in [-0.2, 0) is 11.0 Å². The molecule has 0 aliphatic heterocycles. The van der Waals surface area contributed by atoms with Crippen LogP contribution >= 0.6 is 11.8 Å². The van der Waals surface area contributed by atoms with Crippen molar-refractivity contribution in [3.8, 4) is 5.69 Å². The number of fused-ring (bicyclic) bond motifs is 1. The lowest BCUT2D eigenvalue weighted by Gasteiger charge is -2.13. The highest BCUT2D eigenvalue weighted by molar-refractivity contribution is 8.00. The van der Waals surface area contributed by atoms with Gasteiger partial charge in [0.1, 0.15) is 11.4 Å². The van der Waals surface area contributed by atoms with Gasteiger partial charge in [-0.05, 0) is 24.3 Å². The van der Waals surface area contributed by atoms with Gasteiger partial charge < -0.3 is 5.32 Å². The van der Waals surface area contributed by atoms with Crippen LogP contribution < -0.4 is 5.32 Å². The molecule has 7 nitrogen and oxygen atoms in total. The zero-order chi connectivity index (χ0) is 21.1. The molecule has 0 aliphatic rings. The second kappa shape index (κ2) is 8.11. The number of aromatic nitrogens is 5. The van der Waals surface area contributed by atoms with E-state index in [1.54, 1.807) is 4.68 Å². The van der Waals surface area contributed by atoms with Crippen molar-refractivity contribution in [2.24, 2.45) is 0 Å². The lowest BCUT2D eigenvalue weighted by Crippen LogP contribution is -2.18. The standard InChI is InChI=1S/C19H13F3N6OS/c20-19(21,22)13-8-4-5-9-14(13)25-15(29)10-30-18-16-17(23-11-24-18)28(27-26-16)12-6-2-1-3-7-12/h1-9,11H,10H2,(H,25,29). The van der Waals surface area contributed by atoms with Crippen LogP contribution in [0.15, 0.2) is 66.0 Å². The third-order valence-electron chi connectivity index (χ3n) is 4.05. The molecule has 2 heterocycles. The Bertz CT molecular complexity index is 1200. The summed E-state index contributed by atoms with van der Waals surface area (Å²) in [6, 6.07) is 14.1. The summed E-state index contributed by atoms with van der Waals surface area (Å²) in [4.78, 5) is 20.6. The van der Waals surface area contributed by atoms with Gasteiger partial charge in [-0.1, -0.05) is 47.3 Å². The predicted molar refractivity (Wildman–Crippen MR) is 105 cm³/mol. The Labute approximate surface area is 172 Å². The number of carbonyl (C=O) groups is 1. The summed E-state index contributed by atoms with van der Waals surface area (Å²) in [5.41, 5.74) is 0.421. The van der Waals surface area contributed by atoms with E-state index >= 15 is 0 Å². The summed E-state index contributed by atoms with van der Waals surface area (Å²) >= 11 is 1.04. The Morgan fingerprint density at radius 1 is 1.03 bits per heavy atom. The highest BCUT2D eigenvalue weighted by Gasteiger charge is 2.33. The number of anilines is 1. The summed E-state index contributed by atoms with van der Waals surface area (Å²) in [6.45, 7) is 0. The van der Waals surface area contributed by atoms with Crippen LogP contribution in [0.4, 0.5) is 18.9 Å². The third-order valence-corrected chi connectivity index (χ3v) is 5.03. The molecular formula is C19H13F3N6OS. The van der Waals surface area contributed by atoms with E-state index in [1.165, 1.54) is 24.5 Å². The van der Waals surface area contributed by atoms with Gasteiger partial charge >= 0.3 is 6.18 Å². The number of hydrogen-bond donors (Lipinski definition) is 1. The second-order valence-corrected chi connectivity index (χ2v) is 7.03. The lowest BCUT2D eigenvalue weighted by molar-refractivity contribution is -0.137. The molecule has 0 atom stereocenters. The fraction of sp³-hybridized carbons (Fsp3) is 0.105. The molecule has 1 N–H and O–H groups in total. The Balaban J connectivity index is 1.51. The van der Waals surface area contributed by atoms with E-state index in [9.17, 15) is 18.0 Å². The zero-order valence-electron chi connectivity index (χ0n) is 15.2. The van der Waals surface area contributed by atoms with Gasteiger partial charge in [0, 0.05) is 0 Å². The predicted octanol–water partition coefficient (Wildman–Crippen LogP) is 3.96. The number of nitrogens with zero attached hydrogens (tertiary/aromatic N) is 5. The van der Waals surface area contributed by atoms with Gasteiger partial charge in [-0.3, -0.25) is 4.79 Å². The van der Waals surface area contributed by atoms with Crippen LogP contribution in [0.5, 0.6) is 0 Å². The monoisotopic (exact) mass is 430 g/mol. The van der Waals surface area contributed by atoms with Crippen molar-refractivity contribution in [3.05, 3.63) is 66.5 Å². The molecule has 0 fully saturated rings. The van der Waals surface area contributed by atoms with E-state index in [2.05, 4.69) is 25.6 Å². The molecule has 1 amide bonds. The van der Waals surface area contributed by atoms with Crippen molar-refractivity contribution in [1.82, 2.24) is 25.0 Å². The first-order valence-electron chi connectivity index (χ1n) is 8.64. The SMILES string of the molecule is O=C(CSc1ncnc2c1nnn2-c1ccccc1)Nc1ccccc1C(F)(F)F. The number of amides is 1. The molecule has 2 aromatic heterocycles. The summed E-state index contributed by atoms with van der Waals surface area (Å²) in [6.07, 6.45) is -3.24. The number of nitrogens with one attached hydrogen (secondary N) is 1. The Kier molecular flexibility index (Phi) is 5.36. The average Bonchev–Trinajstić information content (AvgIpc) is 3.17. The van der Waals surface area contributed by atoms with Crippen LogP contribution in [0, 0.1) is 0 Å². The largest absolute Gasteiger partial charge is 0.418 e. The molecule has 11 heteroatoms. The zero-order valence-corrected chi connectivity index (χ0v) is 16.0.